The Bertz CT molecular complexity index is 602. The highest BCUT2D eigenvalue weighted by Gasteiger charge is 2.15. The summed E-state index contributed by atoms with van der Waals surface area (Å²) in [6.45, 7) is -0.230. The van der Waals surface area contributed by atoms with Crippen LogP contribution in [0.25, 0.3) is 0 Å². The summed E-state index contributed by atoms with van der Waals surface area (Å²) in [6.07, 6.45) is 0. The number of nitrogens with two attached hydrogens (primary N) is 1. The molecule has 2 aromatic rings. The number of carbonyl (C=O) groups excluding carboxylic acids is 1. The van der Waals surface area contributed by atoms with Crippen LogP contribution in [-0.4, -0.2) is 17.6 Å². The molecule has 0 spiro atoms. The van der Waals surface area contributed by atoms with Crippen LogP contribution in [0.1, 0.15) is 22.0 Å². The van der Waals surface area contributed by atoms with Crippen LogP contribution >= 0.6 is 0 Å². The summed E-state index contributed by atoms with van der Waals surface area (Å²) in [5.74, 6) is -0.983. The number of nitrogen functional groups attached to an aromatic ring is 1. The minimum absolute atomic E-state index is 0.0853. The summed E-state index contributed by atoms with van der Waals surface area (Å²) in [6, 6.07) is 12.3. The first-order valence-corrected chi connectivity index (χ1v) is 6.13. The second-order valence-electron chi connectivity index (χ2n) is 4.36. The summed E-state index contributed by atoms with van der Waals surface area (Å²) in [4.78, 5) is 12.1. The van der Waals surface area contributed by atoms with E-state index in [0.717, 1.165) is 11.6 Å². The Morgan fingerprint density at radius 2 is 1.95 bits per heavy atom. The van der Waals surface area contributed by atoms with Crippen LogP contribution in [0.2, 0.25) is 0 Å². The lowest BCUT2D eigenvalue weighted by atomic mass is 10.1. The van der Waals surface area contributed by atoms with E-state index in [4.69, 9.17) is 5.73 Å². The summed E-state index contributed by atoms with van der Waals surface area (Å²) in [5.41, 5.74) is 6.38. The van der Waals surface area contributed by atoms with Crippen molar-refractivity contribution in [3.05, 3.63) is 65.5 Å². The Labute approximate surface area is 116 Å². The quantitative estimate of drug-likeness (QED) is 0.745. The largest absolute Gasteiger partial charge is 0.396 e. The average Bonchev–Trinajstić information content (AvgIpc) is 2.48. The second kappa shape index (κ2) is 6.16. The van der Waals surface area contributed by atoms with Gasteiger partial charge in [0.25, 0.3) is 5.91 Å². The van der Waals surface area contributed by atoms with Gasteiger partial charge in [-0.25, -0.2) is 4.39 Å². The molecule has 4 nitrogen and oxygen atoms in total. The van der Waals surface area contributed by atoms with E-state index in [9.17, 15) is 14.3 Å². The Morgan fingerprint density at radius 3 is 2.55 bits per heavy atom. The van der Waals surface area contributed by atoms with Crippen LogP contribution in [0.15, 0.2) is 48.5 Å². The van der Waals surface area contributed by atoms with Crippen LogP contribution in [-0.2, 0) is 0 Å². The van der Waals surface area contributed by atoms with Crippen molar-refractivity contribution in [2.24, 2.45) is 0 Å². The van der Waals surface area contributed by atoms with E-state index in [-0.39, 0.29) is 17.9 Å². The maximum Gasteiger partial charge on any atom is 0.251 e. The van der Waals surface area contributed by atoms with Crippen molar-refractivity contribution in [1.82, 2.24) is 5.32 Å². The number of hydrogen-bond donors (Lipinski definition) is 3. The number of halogens is 1. The van der Waals surface area contributed by atoms with E-state index < -0.39 is 17.8 Å². The normalized spacial score (nSPS) is 11.9. The highest BCUT2D eigenvalue weighted by atomic mass is 19.1. The summed E-state index contributed by atoms with van der Waals surface area (Å²) < 4.78 is 13.1. The highest BCUT2D eigenvalue weighted by molar-refractivity contribution is 5.95. The van der Waals surface area contributed by atoms with Crippen LogP contribution in [0.5, 0.6) is 0 Å². The number of amides is 1. The number of anilines is 1. The van der Waals surface area contributed by atoms with Gasteiger partial charge in [-0.05, 0) is 23.8 Å². The van der Waals surface area contributed by atoms with Crippen molar-refractivity contribution in [2.75, 3.05) is 12.3 Å². The van der Waals surface area contributed by atoms with Crippen molar-refractivity contribution in [1.29, 1.82) is 0 Å². The van der Waals surface area contributed by atoms with E-state index in [0.29, 0.717) is 0 Å². The molecule has 0 aliphatic carbocycles. The van der Waals surface area contributed by atoms with Crippen LogP contribution in [0.4, 0.5) is 10.1 Å². The number of benzene rings is 2. The van der Waals surface area contributed by atoms with Crippen molar-refractivity contribution in [3.63, 3.8) is 0 Å². The summed E-state index contributed by atoms with van der Waals surface area (Å²) in [7, 11) is 0. The molecule has 1 atom stereocenters. The molecule has 104 valence electrons. The topological polar surface area (TPSA) is 75.4 Å². The summed E-state index contributed by atoms with van der Waals surface area (Å²) in [5, 5.41) is 12.1. The van der Waals surface area contributed by atoms with Gasteiger partial charge in [0.2, 0.25) is 0 Å². The molecule has 2 aromatic carbocycles. The SMILES string of the molecule is Nc1cc(C(=O)N[C@@H](CO)c2ccccc2)ccc1F. The minimum atomic E-state index is -0.566. The fourth-order valence-corrected chi connectivity index (χ4v) is 1.85. The van der Waals surface area contributed by atoms with E-state index in [1.165, 1.54) is 12.1 Å². The van der Waals surface area contributed by atoms with E-state index >= 15 is 0 Å². The van der Waals surface area contributed by atoms with Crippen molar-refractivity contribution < 1.29 is 14.3 Å². The van der Waals surface area contributed by atoms with E-state index in [1.807, 2.05) is 18.2 Å². The fraction of sp³-hybridized carbons (Fsp3) is 0.133. The fourth-order valence-electron chi connectivity index (χ4n) is 1.85. The highest BCUT2D eigenvalue weighted by Crippen LogP contribution is 2.15. The zero-order chi connectivity index (χ0) is 14.5. The molecule has 5 heteroatoms. The lowest BCUT2D eigenvalue weighted by Crippen LogP contribution is -2.30. The Morgan fingerprint density at radius 1 is 1.25 bits per heavy atom. The first-order valence-electron chi connectivity index (χ1n) is 6.13. The zero-order valence-corrected chi connectivity index (χ0v) is 10.7. The van der Waals surface area contributed by atoms with Crippen molar-refractivity contribution in [2.45, 2.75) is 6.04 Å². The molecule has 20 heavy (non-hydrogen) atoms. The number of nitrogens with one attached hydrogen (secondary N) is 1. The molecule has 0 aliphatic heterocycles. The molecule has 0 saturated heterocycles. The maximum absolute atomic E-state index is 13.1. The smallest absolute Gasteiger partial charge is 0.251 e. The average molecular weight is 274 g/mol. The van der Waals surface area contributed by atoms with Gasteiger partial charge < -0.3 is 16.2 Å². The molecule has 0 unspecified atom stereocenters. The number of aliphatic hydroxyl groups excluding tert-OH is 1. The number of hydrogen-bond acceptors (Lipinski definition) is 3. The van der Waals surface area contributed by atoms with Gasteiger partial charge in [-0.2, -0.15) is 0 Å². The molecule has 0 saturated carbocycles. The van der Waals surface area contributed by atoms with Crippen molar-refractivity contribution >= 4 is 11.6 Å². The zero-order valence-electron chi connectivity index (χ0n) is 10.7. The monoisotopic (exact) mass is 274 g/mol. The first-order chi connectivity index (χ1) is 9.61. The van der Waals surface area contributed by atoms with Crippen LogP contribution < -0.4 is 11.1 Å². The van der Waals surface area contributed by atoms with Crippen LogP contribution in [0, 0.1) is 5.82 Å². The van der Waals surface area contributed by atoms with Gasteiger partial charge >= 0.3 is 0 Å². The van der Waals surface area contributed by atoms with Gasteiger partial charge in [-0.15, -0.1) is 0 Å². The van der Waals surface area contributed by atoms with Gasteiger partial charge in [0.1, 0.15) is 5.82 Å². The van der Waals surface area contributed by atoms with Gasteiger partial charge in [-0.3, -0.25) is 4.79 Å². The van der Waals surface area contributed by atoms with Gasteiger partial charge in [0.05, 0.1) is 18.3 Å². The third kappa shape index (κ3) is 3.13. The molecule has 0 aliphatic rings. The van der Waals surface area contributed by atoms with Gasteiger partial charge in [0, 0.05) is 5.56 Å². The molecule has 4 N–H and O–H groups in total. The number of carbonyl (C=O) groups is 1. The molecule has 1 amide bonds. The van der Waals surface area contributed by atoms with Gasteiger partial charge in [-0.1, -0.05) is 30.3 Å². The van der Waals surface area contributed by atoms with E-state index in [2.05, 4.69) is 5.32 Å². The predicted molar refractivity (Wildman–Crippen MR) is 74.5 cm³/mol. The molecule has 0 radical (unpaired) electrons. The molecular weight excluding hydrogens is 259 g/mol. The molecule has 0 aromatic heterocycles. The molecule has 0 fully saturated rings. The maximum atomic E-state index is 13.1. The third-order valence-corrected chi connectivity index (χ3v) is 2.95. The third-order valence-electron chi connectivity index (χ3n) is 2.95. The van der Waals surface area contributed by atoms with Crippen LogP contribution in [0.3, 0.4) is 0 Å². The molecule has 2 rings (SSSR count). The number of aliphatic hydroxyl groups is 1. The minimum Gasteiger partial charge on any atom is -0.396 e. The summed E-state index contributed by atoms with van der Waals surface area (Å²) >= 11 is 0. The Balaban J connectivity index is 2.15. The van der Waals surface area contributed by atoms with E-state index in [1.54, 1.807) is 12.1 Å². The second-order valence-corrected chi connectivity index (χ2v) is 4.36. The van der Waals surface area contributed by atoms with Crippen molar-refractivity contribution in [3.8, 4) is 0 Å². The first kappa shape index (κ1) is 14.0. The standard InChI is InChI=1S/C15H15FN2O2/c16-12-7-6-11(8-13(12)17)15(20)18-14(9-19)10-4-2-1-3-5-10/h1-8,14,19H,9,17H2,(H,18,20)/t14-/m0/s1. The lowest BCUT2D eigenvalue weighted by molar-refractivity contribution is 0.0916. The number of rotatable bonds is 4. The molecule has 0 bridgehead atoms. The predicted octanol–water partition coefficient (Wildman–Crippen LogP) is 1.87. The lowest BCUT2D eigenvalue weighted by Gasteiger charge is -2.17. The van der Waals surface area contributed by atoms with Gasteiger partial charge in [0.15, 0.2) is 0 Å². The molecule has 0 heterocycles. The Hall–Kier alpha value is -2.40. The Kier molecular flexibility index (Phi) is 4.32. The molecular formula is C15H15FN2O2.